The number of pyridine rings is 1. The van der Waals surface area contributed by atoms with Gasteiger partial charge in [-0.1, -0.05) is 18.2 Å². The van der Waals surface area contributed by atoms with Crippen LogP contribution in [0.25, 0.3) is 0 Å². The van der Waals surface area contributed by atoms with E-state index >= 15 is 0 Å². The number of carbonyl (C=O) groups excluding carboxylic acids is 1. The highest BCUT2D eigenvalue weighted by Crippen LogP contribution is 2.24. The molecule has 3 aromatic rings. The summed E-state index contributed by atoms with van der Waals surface area (Å²) in [5.41, 5.74) is 2.17. The van der Waals surface area contributed by atoms with E-state index in [1.165, 1.54) is 0 Å². The molecule has 3 rings (SSSR count). The smallest absolute Gasteiger partial charge is 0.252 e. The molecular weight excluding hydrogens is 364 g/mol. The SMILES string of the molecule is CN(C)CCCNC(=O)c1cncc(Nc2ccc(Oc3ccccc3)cc2)c1. The number of rotatable bonds is 9. The first-order chi connectivity index (χ1) is 14.1. The Kier molecular flexibility index (Phi) is 7.19. The van der Waals surface area contributed by atoms with Crippen LogP contribution >= 0.6 is 0 Å². The Morgan fingerprint density at radius 2 is 1.69 bits per heavy atom. The van der Waals surface area contributed by atoms with Crippen molar-refractivity contribution in [2.75, 3.05) is 32.5 Å². The molecule has 6 heteroatoms. The van der Waals surface area contributed by atoms with Crippen molar-refractivity contribution < 1.29 is 9.53 Å². The van der Waals surface area contributed by atoms with Gasteiger partial charge >= 0.3 is 0 Å². The van der Waals surface area contributed by atoms with Crippen LogP contribution < -0.4 is 15.4 Å². The molecule has 29 heavy (non-hydrogen) atoms. The van der Waals surface area contributed by atoms with Crippen LogP contribution in [0.4, 0.5) is 11.4 Å². The highest BCUT2D eigenvalue weighted by Gasteiger charge is 2.07. The fourth-order valence-electron chi connectivity index (χ4n) is 2.73. The van der Waals surface area contributed by atoms with Crippen LogP contribution in [0.15, 0.2) is 73.1 Å². The summed E-state index contributed by atoms with van der Waals surface area (Å²) < 4.78 is 5.80. The molecule has 0 aliphatic heterocycles. The molecule has 150 valence electrons. The minimum absolute atomic E-state index is 0.119. The lowest BCUT2D eigenvalue weighted by molar-refractivity contribution is 0.0952. The minimum Gasteiger partial charge on any atom is -0.457 e. The highest BCUT2D eigenvalue weighted by atomic mass is 16.5. The number of para-hydroxylation sites is 1. The Balaban J connectivity index is 1.56. The van der Waals surface area contributed by atoms with E-state index in [4.69, 9.17) is 4.74 Å². The molecule has 0 atom stereocenters. The van der Waals surface area contributed by atoms with E-state index in [1.54, 1.807) is 18.5 Å². The Morgan fingerprint density at radius 1 is 0.966 bits per heavy atom. The topological polar surface area (TPSA) is 66.5 Å². The number of ether oxygens (including phenoxy) is 1. The van der Waals surface area contributed by atoms with Crippen molar-refractivity contribution in [3.63, 3.8) is 0 Å². The second-order valence-corrected chi connectivity index (χ2v) is 6.94. The molecule has 2 aromatic carbocycles. The van der Waals surface area contributed by atoms with E-state index in [0.29, 0.717) is 12.1 Å². The van der Waals surface area contributed by atoms with E-state index in [0.717, 1.165) is 35.8 Å². The predicted octanol–water partition coefficient (Wildman–Crippen LogP) is 4.30. The van der Waals surface area contributed by atoms with Gasteiger partial charge in [-0.25, -0.2) is 0 Å². The van der Waals surface area contributed by atoms with E-state index < -0.39 is 0 Å². The van der Waals surface area contributed by atoms with Crippen molar-refractivity contribution >= 4 is 17.3 Å². The Morgan fingerprint density at radius 3 is 2.41 bits per heavy atom. The van der Waals surface area contributed by atoms with Gasteiger partial charge in [-0.2, -0.15) is 0 Å². The van der Waals surface area contributed by atoms with Crippen LogP contribution in [-0.2, 0) is 0 Å². The first-order valence-corrected chi connectivity index (χ1v) is 9.58. The lowest BCUT2D eigenvalue weighted by atomic mass is 10.2. The summed E-state index contributed by atoms with van der Waals surface area (Å²) in [7, 11) is 4.03. The third-order valence-corrected chi connectivity index (χ3v) is 4.19. The number of nitrogens with zero attached hydrogens (tertiary/aromatic N) is 2. The number of hydrogen-bond acceptors (Lipinski definition) is 5. The third kappa shape index (κ3) is 6.62. The van der Waals surface area contributed by atoms with Gasteiger partial charge in [-0.05, 0) is 69.5 Å². The standard InChI is InChI=1S/C23H26N4O2/c1-27(2)14-6-13-25-23(28)18-15-20(17-24-16-18)26-19-9-11-22(12-10-19)29-21-7-4-3-5-8-21/h3-5,7-12,15-17,26H,6,13-14H2,1-2H3,(H,25,28). The summed E-state index contributed by atoms with van der Waals surface area (Å²) >= 11 is 0. The van der Waals surface area contributed by atoms with Gasteiger partial charge in [0.25, 0.3) is 5.91 Å². The number of benzene rings is 2. The van der Waals surface area contributed by atoms with Crippen LogP contribution in [-0.4, -0.2) is 43.0 Å². The van der Waals surface area contributed by atoms with Gasteiger partial charge in [0.15, 0.2) is 0 Å². The lowest BCUT2D eigenvalue weighted by Gasteiger charge is -2.11. The zero-order valence-electron chi connectivity index (χ0n) is 16.8. The molecule has 0 radical (unpaired) electrons. The van der Waals surface area contributed by atoms with E-state index in [-0.39, 0.29) is 5.91 Å². The van der Waals surface area contributed by atoms with Gasteiger partial charge in [0.2, 0.25) is 0 Å². The lowest BCUT2D eigenvalue weighted by Crippen LogP contribution is -2.27. The molecule has 0 fully saturated rings. The molecule has 0 aliphatic carbocycles. The van der Waals surface area contributed by atoms with Gasteiger partial charge in [0.1, 0.15) is 11.5 Å². The van der Waals surface area contributed by atoms with Crippen molar-refractivity contribution in [3.8, 4) is 11.5 Å². The first-order valence-electron chi connectivity index (χ1n) is 9.58. The molecule has 1 aromatic heterocycles. The number of anilines is 2. The Hall–Kier alpha value is -3.38. The molecule has 0 unspecified atom stereocenters. The van der Waals surface area contributed by atoms with Crippen molar-refractivity contribution in [1.29, 1.82) is 0 Å². The molecule has 1 heterocycles. The highest BCUT2D eigenvalue weighted by molar-refractivity contribution is 5.94. The number of carbonyl (C=O) groups is 1. The van der Waals surface area contributed by atoms with E-state index in [9.17, 15) is 4.79 Å². The zero-order chi connectivity index (χ0) is 20.5. The normalized spacial score (nSPS) is 10.6. The number of amides is 1. The van der Waals surface area contributed by atoms with E-state index in [1.807, 2.05) is 68.7 Å². The van der Waals surface area contributed by atoms with Gasteiger partial charge in [-0.15, -0.1) is 0 Å². The average Bonchev–Trinajstić information content (AvgIpc) is 2.73. The summed E-state index contributed by atoms with van der Waals surface area (Å²) in [6, 6.07) is 19.1. The average molecular weight is 390 g/mol. The maximum Gasteiger partial charge on any atom is 0.252 e. The quantitative estimate of drug-likeness (QED) is 0.533. The summed E-state index contributed by atoms with van der Waals surface area (Å²) in [5, 5.41) is 6.19. The van der Waals surface area contributed by atoms with Gasteiger partial charge in [0.05, 0.1) is 17.4 Å². The molecule has 0 saturated carbocycles. The van der Waals surface area contributed by atoms with Crippen LogP contribution in [0.1, 0.15) is 16.8 Å². The fourth-order valence-corrected chi connectivity index (χ4v) is 2.73. The zero-order valence-corrected chi connectivity index (χ0v) is 16.8. The van der Waals surface area contributed by atoms with Crippen LogP contribution in [0.3, 0.4) is 0 Å². The number of nitrogens with one attached hydrogen (secondary N) is 2. The maximum atomic E-state index is 12.3. The predicted molar refractivity (Wildman–Crippen MR) is 116 cm³/mol. The van der Waals surface area contributed by atoms with Crippen molar-refractivity contribution in [2.24, 2.45) is 0 Å². The van der Waals surface area contributed by atoms with Crippen molar-refractivity contribution in [1.82, 2.24) is 15.2 Å². The minimum atomic E-state index is -0.119. The number of hydrogen-bond donors (Lipinski definition) is 2. The van der Waals surface area contributed by atoms with Crippen LogP contribution in [0.5, 0.6) is 11.5 Å². The Bertz CT molecular complexity index is 912. The molecule has 0 spiro atoms. The van der Waals surface area contributed by atoms with Crippen LogP contribution in [0, 0.1) is 0 Å². The van der Waals surface area contributed by atoms with Crippen LogP contribution in [0.2, 0.25) is 0 Å². The summed E-state index contributed by atoms with van der Waals surface area (Å²) in [6.07, 6.45) is 4.17. The molecule has 6 nitrogen and oxygen atoms in total. The van der Waals surface area contributed by atoms with Gasteiger partial charge < -0.3 is 20.3 Å². The molecule has 2 N–H and O–H groups in total. The summed E-state index contributed by atoms with van der Waals surface area (Å²) in [5.74, 6) is 1.43. The molecule has 0 aliphatic rings. The second kappa shape index (κ2) is 10.2. The molecular formula is C23H26N4O2. The third-order valence-electron chi connectivity index (χ3n) is 4.19. The van der Waals surface area contributed by atoms with Crippen molar-refractivity contribution in [3.05, 3.63) is 78.6 Å². The molecule has 1 amide bonds. The monoisotopic (exact) mass is 390 g/mol. The fraction of sp³-hybridized carbons (Fsp3) is 0.217. The second-order valence-electron chi connectivity index (χ2n) is 6.94. The molecule has 0 saturated heterocycles. The van der Waals surface area contributed by atoms with E-state index in [2.05, 4.69) is 20.5 Å². The number of aromatic nitrogens is 1. The molecule has 0 bridgehead atoms. The maximum absolute atomic E-state index is 12.3. The summed E-state index contributed by atoms with van der Waals surface area (Å²) in [6.45, 7) is 1.57. The largest absolute Gasteiger partial charge is 0.457 e. The summed E-state index contributed by atoms with van der Waals surface area (Å²) in [4.78, 5) is 18.6. The Labute approximate surface area is 171 Å². The first kappa shape index (κ1) is 20.4. The van der Waals surface area contributed by atoms with Crippen molar-refractivity contribution in [2.45, 2.75) is 6.42 Å². The van der Waals surface area contributed by atoms with Gasteiger partial charge in [-0.3, -0.25) is 9.78 Å². The van der Waals surface area contributed by atoms with Gasteiger partial charge in [0, 0.05) is 18.4 Å².